The Kier molecular flexibility index (Phi) is 7.02. The first-order valence-electron chi connectivity index (χ1n) is 8.94. The Balaban J connectivity index is 2.01. The van der Waals surface area contributed by atoms with Crippen molar-refractivity contribution in [2.45, 2.75) is 52.2 Å². The van der Waals surface area contributed by atoms with Gasteiger partial charge in [-0.3, -0.25) is 4.72 Å². The number of amides is 1. The molecule has 0 aliphatic carbocycles. The third kappa shape index (κ3) is 6.88. The van der Waals surface area contributed by atoms with E-state index in [2.05, 4.69) is 20.7 Å². The number of ether oxygens (including phenoxy) is 2. The number of nitrogens with zero attached hydrogens (tertiary/aromatic N) is 1. The topological polar surface area (TPSA) is 84.9 Å². The number of piperidine rings is 1. The molecular weight excluding hydrogens is 436 g/mol. The largest absolute Gasteiger partial charge is 0.487 e. The van der Waals surface area contributed by atoms with Crippen LogP contribution in [0.2, 0.25) is 0 Å². The average Bonchev–Trinajstić information content (AvgIpc) is 2.56. The normalized spacial score (nSPS) is 18.1. The van der Waals surface area contributed by atoms with E-state index in [1.165, 1.54) is 0 Å². The SMILES string of the molecule is CCS(=O)(=O)Nc1ccc(OC2CCCN(C(=O)OC(C)(C)C)C2)c(Br)c1. The molecule has 9 heteroatoms. The van der Waals surface area contributed by atoms with Crippen LogP contribution in [0.1, 0.15) is 40.5 Å². The monoisotopic (exact) mass is 462 g/mol. The van der Waals surface area contributed by atoms with E-state index in [0.29, 0.717) is 29.0 Å². The maximum absolute atomic E-state index is 12.3. The zero-order valence-corrected chi connectivity index (χ0v) is 18.5. The summed E-state index contributed by atoms with van der Waals surface area (Å²) >= 11 is 3.42. The first-order valence-corrected chi connectivity index (χ1v) is 11.4. The Bertz CT molecular complexity index is 776. The summed E-state index contributed by atoms with van der Waals surface area (Å²) in [6, 6.07) is 5.03. The van der Waals surface area contributed by atoms with Crippen molar-refractivity contribution in [1.82, 2.24) is 4.90 Å². The van der Waals surface area contributed by atoms with E-state index in [4.69, 9.17) is 9.47 Å². The van der Waals surface area contributed by atoms with Crippen LogP contribution >= 0.6 is 15.9 Å². The number of benzene rings is 1. The third-order valence-corrected chi connectivity index (χ3v) is 5.84. The first kappa shape index (κ1) is 21.8. The molecule has 7 nitrogen and oxygen atoms in total. The summed E-state index contributed by atoms with van der Waals surface area (Å²) in [5.74, 6) is 0.608. The molecule has 27 heavy (non-hydrogen) atoms. The summed E-state index contributed by atoms with van der Waals surface area (Å²) in [5.41, 5.74) is -0.0645. The Morgan fingerprint density at radius 1 is 1.37 bits per heavy atom. The number of halogens is 1. The van der Waals surface area contributed by atoms with Gasteiger partial charge in [0.05, 0.1) is 16.8 Å². The van der Waals surface area contributed by atoms with E-state index >= 15 is 0 Å². The second-order valence-electron chi connectivity index (χ2n) is 7.46. The Morgan fingerprint density at radius 2 is 2.07 bits per heavy atom. The van der Waals surface area contributed by atoms with Crippen molar-refractivity contribution in [3.05, 3.63) is 22.7 Å². The Hall–Kier alpha value is -1.48. The number of nitrogens with one attached hydrogen (secondary N) is 1. The maximum atomic E-state index is 12.3. The van der Waals surface area contributed by atoms with Gasteiger partial charge in [0, 0.05) is 12.2 Å². The summed E-state index contributed by atoms with van der Waals surface area (Å²) in [6.07, 6.45) is 1.17. The maximum Gasteiger partial charge on any atom is 0.410 e. The van der Waals surface area contributed by atoms with Crippen LogP contribution in [0.3, 0.4) is 0 Å². The fraction of sp³-hybridized carbons (Fsp3) is 0.611. The number of anilines is 1. The van der Waals surface area contributed by atoms with Crippen LogP contribution in [0.5, 0.6) is 5.75 Å². The number of carbonyl (C=O) groups excluding carboxylic acids is 1. The van der Waals surface area contributed by atoms with Crippen molar-refractivity contribution in [2.75, 3.05) is 23.6 Å². The van der Waals surface area contributed by atoms with E-state index in [9.17, 15) is 13.2 Å². The standard InChI is InChI=1S/C18H27BrN2O5S/c1-5-27(23,24)20-13-8-9-16(15(19)11-13)25-14-7-6-10-21(12-14)17(22)26-18(2,3)4/h8-9,11,14,20H,5-7,10,12H2,1-4H3. The zero-order chi connectivity index (χ0) is 20.2. The van der Waals surface area contributed by atoms with Crippen molar-refractivity contribution in [1.29, 1.82) is 0 Å². The second-order valence-corrected chi connectivity index (χ2v) is 10.3. The van der Waals surface area contributed by atoms with Gasteiger partial charge in [-0.15, -0.1) is 0 Å². The van der Waals surface area contributed by atoms with Crippen molar-refractivity contribution in [2.24, 2.45) is 0 Å². The van der Waals surface area contributed by atoms with E-state index in [-0.39, 0.29) is 18.0 Å². The van der Waals surface area contributed by atoms with Crippen molar-refractivity contribution < 1.29 is 22.7 Å². The highest BCUT2D eigenvalue weighted by Gasteiger charge is 2.28. The number of sulfonamides is 1. The molecule has 0 aromatic heterocycles. The molecule has 0 bridgehead atoms. The molecule has 1 unspecified atom stereocenters. The zero-order valence-electron chi connectivity index (χ0n) is 16.1. The summed E-state index contributed by atoms with van der Waals surface area (Å²) < 4.78 is 38.0. The smallest absolute Gasteiger partial charge is 0.410 e. The lowest BCUT2D eigenvalue weighted by atomic mass is 10.1. The number of likely N-dealkylation sites (tertiary alicyclic amines) is 1. The molecule has 1 N–H and O–H groups in total. The molecule has 0 radical (unpaired) electrons. The van der Waals surface area contributed by atoms with Crippen LogP contribution < -0.4 is 9.46 Å². The number of carbonyl (C=O) groups is 1. The molecule has 1 atom stereocenters. The lowest BCUT2D eigenvalue weighted by Gasteiger charge is -2.34. The highest BCUT2D eigenvalue weighted by atomic mass is 79.9. The van der Waals surface area contributed by atoms with E-state index < -0.39 is 15.6 Å². The van der Waals surface area contributed by atoms with Crippen LogP contribution in [0, 0.1) is 0 Å². The minimum Gasteiger partial charge on any atom is -0.487 e. The molecule has 1 aliphatic heterocycles. The van der Waals surface area contributed by atoms with Gasteiger partial charge in [0.25, 0.3) is 0 Å². The lowest BCUT2D eigenvalue weighted by molar-refractivity contribution is 0.00768. The quantitative estimate of drug-likeness (QED) is 0.714. The highest BCUT2D eigenvalue weighted by Crippen LogP contribution is 2.31. The molecule has 2 rings (SSSR count). The predicted molar refractivity (Wildman–Crippen MR) is 109 cm³/mol. The molecule has 1 aliphatic rings. The highest BCUT2D eigenvalue weighted by molar-refractivity contribution is 9.10. The summed E-state index contributed by atoms with van der Waals surface area (Å²) in [5, 5.41) is 0. The molecule has 1 heterocycles. The summed E-state index contributed by atoms with van der Waals surface area (Å²) in [7, 11) is -3.33. The molecular formula is C18H27BrN2O5S. The molecule has 1 fully saturated rings. The van der Waals surface area contributed by atoms with Gasteiger partial charge in [-0.05, 0) is 74.7 Å². The van der Waals surface area contributed by atoms with Crippen molar-refractivity contribution >= 4 is 37.7 Å². The fourth-order valence-electron chi connectivity index (χ4n) is 2.62. The van der Waals surface area contributed by atoms with Crippen LogP contribution in [0.25, 0.3) is 0 Å². The van der Waals surface area contributed by atoms with Crippen molar-refractivity contribution in [3.8, 4) is 5.75 Å². The van der Waals surface area contributed by atoms with E-state index in [0.717, 1.165) is 12.8 Å². The van der Waals surface area contributed by atoms with Crippen LogP contribution in [0.15, 0.2) is 22.7 Å². The molecule has 1 saturated heterocycles. The fourth-order valence-corrected chi connectivity index (χ4v) is 3.72. The minimum absolute atomic E-state index is 0.00540. The van der Waals surface area contributed by atoms with Crippen LogP contribution in [-0.2, 0) is 14.8 Å². The van der Waals surface area contributed by atoms with Gasteiger partial charge >= 0.3 is 6.09 Å². The van der Waals surface area contributed by atoms with E-state index in [1.54, 1.807) is 30.0 Å². The van der Waals surface area contributed by atoms with Crippen molar-refractivity contribution in [3.63, 3.8) is 0 Å². The van der Waals surface area contributed by atoms with Crippen LogP contribution in [-0.4, -0.2) is 50.0 Å². The molecule has 1 amide bonds. The molecule has 0 saturated carbocycles. The average molecular weight is 463 g/mol. The van der Waals surface area contributed by atoms with Gasteiger partial charge in [0.2, 0.25) is 10.0 Å². The molecule has 1 aromatic carbocycles. The van der Waals surface area contributed by atoms with Crippen LogP contribution in [0.4, 0.5) is 10.5 Å². The van der Waals surface area contributed by atoms with Gasteiger partial charge in [-0.2, -0.15) is 0 Å². The minimum atomic E-state index is -3.33. The Labute approximate surface area is 169 Å². The molecule has 1 aromatic rings. The summed E-state index contributed by atoms with van der Waals surface area (Å²) in [4.78, 5) is 13.9. The van der Waals surface area contributed by atoms with Gasteiger partial charge in [-0.1, -0.05) is 0 Å². The summed E-state index contributed by atoms with van der Waals surface area (Å²) in [6.45, 7) is 8.20. The number of rotatable bonds is 5. The Morgan fingerprint density at radius 3 is 2.67 bits per heavy atom. The number of hydrogen-bond donors (Lipinski definition) is 1. The lowest BCUT2D eigenvalue weighted by Crippen LogP contribution is -2.46. The second kappa shape index (κ2) is 8.68. The van der Waals surface area contributed by atoms with Gasteiger partial charge < -0.3 is 14.4 Å². The van der Waals surface area contributed by atoms with Gasteiger partial charge in [0.1, 0.15) is 17.5 Å². The molecule has 152 valence electrons. The van der Waals surface area contributed by atoms with Gasteiger partial charge in [-0.25, -0.2) is 13.2 Å². The predicted octanol–water partition coefficient (Wildman–Crippen LogP) is 3.99. The third-order valence-electron chi connectivity index (χ3n) is 3.91. The molecule has 0 spiro atoms. The van der Waals surface area contributed by atoms with Gasteiger partial charge in [0.15, 0.2) is 0 Å². The number of hydrogen-bond acceptors (Lipinski definition) is 5. The first-order chi connectivity index (χ1) is 12.5. The van der Waals surface area contributed by atoms with E-state index in [1.807, 2.05) is 20.8 Å².